The molecule has 24 heavy (non-hydrogen) atoms. The molecule has 0 aromatic heterocycles. The van der Waals surface area contributed by atoms with Gasteiger partial charge in [0.1, 0.15) is 18.0 Å². The number of rotatable bonds is 1. The second-order valence-electron chi connectivity index (χ2n) is 7.45. The average Bonchev–Trinajstić information content (AvgIpc) is 2.41. The molecule has 0 aliphatic carbocycles. The third-order valence-electron chi connectivity index (χ3n) is 3.68. The third kappa shape index (κ3) is 3.98. The maximum Gasteiger partial charge on any atom is 0.411 e. The first kappa shape index (κ1) is 18.5. The topological polar surface area (TPSA) is 49.9 Å². The number of benzene rings is 1. The van der Waals surface area contributed by atoms with Gasteiger partial charge >= 0.3 is 6.09 Å². The molecule has 0 bridgehead atoms. The molecule has 1 saturated heterocycles. The number of carbonyl (C=O) groups is 2. The van der Waals surface area contributed by atoms with Crippen molar-refractivity contribution in [3.8, 4) is 0 Å². The Hall–Kier alpha value is -1.82. The molecule has 1 fully saturated rings. The predicted molar refractivity (Wildman–Crippen MR) is 90.8 cm³/mol. The lowest BCUT2D eigenvalue weighted by Gasteiger charge is -2.46. The Kier molecular flexibility index (Phi) is 4.81. The number of amides is 2. The van der Waals surface area contributed by atoms with Crippen LogP contribution in [-0.4, -0.2) is 41.1 Å². The second-order valence-corrected chi connectivity index (χ2v) is 7.86. The Labute approximate surface area is 146 Å². The molecule has 0 saturated carbocycles. The number of piperazine rings is 1. The summed E-state index contributed by atoms with van der Waals surface area (Å²) in [6.45, 7) is 8.98. The smallest absolute Gasteiger partial charge is 0.411 e. The van der Waals surface area contributed by atoms with Gasteiger partial charge in [-0.25, -0.2) is 9.18 Å². The van der Waals surface area contributed by atoms with E-state index in [9.17, 15) is 14.0 Å². The summed E-state index contributed by atoms with van der Waals surface area (Å²) < 4.78 is 18.9. The standard InChI is InChI=1S/C17H22ClFN2O3/c1-16(2,3)24-15(23)21-9-14(22)20(10-17(21,4)5)13-8-11(19)6-7-12(13)18/h6-8H,9-10H2,1-5H3. The molecular weight excluding hydrogens is 335 g/mol. The zero-order valence-corrected chi connectivity index (χ0v) is 15.3. The molecule has 2 rings (SSSR count). The van der Waals surface area contributed by atoms with Crippen LogP contribution in [0, 0.1) is 5.82 Å². The van der Waals surface area contributed by atoms with Crippen molar-refractivity contribution in [2.75, 3.05) is 18.0 Å². The van der Waals surface area contributed by atoms with Gasteiger partial charge in [-0.15, -0.1) is 0 Å². The van der Waals surface area contributed by atoms with Crippen LogP contribution in [0.5, 0.6) is 0 Å². The molecule has 0 unspecified atom stereocenters. The van der Waals surface area contributed by atoms with Gasteiger partial charge in [-0.1, -0.05) is 11.6 Å². The van der Waals surface area contributed by atoms with Crippen molar-refractivity contribution in [3.63, 3.8) is 0 Å². The number of anilines is 1. The molecular formula is C17H22ClFN2O3. The van der Waals surface area contributed by atoms with Crippen LogP contribution in [0.4, 0.5) is 14.9 Å². The summed E-state index contributed by atoms with van der Waals surface area (Å²) in [7, 11) is 0. The van der Waals surface area contributed by atoms with E-state index in [1.165, 1.54) is 28.0 Å². The van der Waals surface area contributed by atoms with E-state index in [0.29, 0.717) is 5.69 Å². The first-order chi connectivity index (χ1) is 10.9. The van der Waals surface area contributed by atoms with Crippen molar-refractivity contribution in [1.29, 1.82) is 0 Å². The Balaban J connectivity index is 2.28. The van der Waals surface area contributed by atoms with Gasteiger partial charge in [0.2, 0.25) is 5.91 Å². The molecule has 1 aliphatic heterocycles. The van der Waals surface area contributed by atoms with Crippen LogP contribution in [0.25, 0.3) is 0 Å². The summed E-state index contributed by atoms with van der Waals surface area (Å²) in [5.74, 6) is -0.817. The van der Waals surface area contributed by atoms with E-state index in [1.54, 1.807) is 20.8 Å². The lowest BCUT2D eigenvalue weighted by atomic mass is 9.98. The maximum atomic E-state index is 13.5. The quantitative estimate of drug-likeness (QED) is 0.768. The summed E-state index contributed by atoms with van der Waals surface area (Å²) >= 11 is 6.11. The van der Waals surface area contributed by atoms with Crippen LogP contribution < -0.4 is 4.90 Å². The third-order valence-corrected chi connectivity index (χ3v) is 4.00. The number of nitrogens with zero attached hydrogens (tertiary/aromatic N) is 2. The highest BCUT2D eigenvalue weighted by Gasteiger charge is 2.43. The first-order valence-electron chi connectivity index (χ1n) is 7.67. The molecule has 1 aromatic carbocycles. The second kappa shape index (κ2) is 6.24. The molecule has 132 valence electrons. The summed E-state index contributed by atoms with van der Waals surface area (Å²) in [4.78, 5) is 27.7. The fraction of sp³-hybridized carbons (Fsp3) is 0.529. The molecule has 2 amide bonds. The van der Waals surface area contributed by atoms with Gasteiger partial charge in [0.05, 0.1) is 16.2 Å². The van der Waals surface area contributed by atoms with Crippen molar-refractivity contribution in [2.24, 2.45) is 0 Å². The number of hydrogen-bond donors (Lipinski definition) is 0. The zero-order valence-electron chi connectivity index (χ0n) is 14.5. The minimum atomic E-state index is -0.689. The van der Waals surface area contributed by atoms with E-state index in [0.717, 1.165) is 0 Å². The van der Waals surface area contributed by atoms with Crippen LogP contribution >= 0.6 is 11.6 Å². The minimum Gasteiger partial charge on any atom is -0.444 e. The monoisotopic (exact) mass is 356 g/mol. The summed E-state index contributed by atoms with van der Waals surface area (Å²) in [5.41, 5.74) is -1.04. The summed E-state index contributed by atoms with van der Waals surface area (Å²) in [5, 5.41) is 0.284. The van der Waals surface area contributed by atoms with Crippen LogP contribution in [-0.2, 0) is 9.53 Å². The van der Waals surface area contributed by atoms with E-state index in [2.05, 4.69) is 0 Å². The average molecular weight is 357 g/mol. The van der Waals surface area contributed by atoms with Gasteiger partial charge in [-0.05, 0) is 52.8 Å². The number of hydrogen-bond acceptors (Lipinski definition) is 3. The summed E-state index contributed by atoms with van der Waals surface area (Å²) in [6.07, 6.45) is -0.550. The van der Waals surface area contributed by atoms with Crippen molar-refractivity contribution in [2.45, 2.75) is 45.8 Å². The van der Waals surface area contributed by atoms with Crippen molar-refractivity contribution in [1.82, 2.24) is 4.90 Å². The molecule has 5 nitrogen and oxygen atoms in total. The highest BCUT2D eigenvalue weighted by molar-refractivity contribution is 6.33. The number of halogens is 2. The molecule has 1 aliphatic rings. The number of ether oxygens (including phenoxy) is 1. The SMILES string of the molecule is CC(C)(C)OC(=O)N1CC(=O)N(c2cc(F)ccc2Cl)CC1(C)C. The van der Waals surface area contributed by atoms with Gasteiger partial charge in [0.25, 0.3) is 0 Å². The van der Waals surface area contributed by atoms with E-state index in [4.69, 9.17) is 16.3 Å². The fourth-order valence-corrected chi connectivity index (χ4v) is 2.76. The van der Waals surface area contributed by atoms with Gasteiger partial charge in [-0.2, -0.15) is 0 Å². The van der Waals surface area contributed by atoms with E-state index < -0.39 is 23.1 Å². The van der Waals surface area contributed by atoms with Gasteiger partial charge in [-0.3, -0.25) is 9.69 Å². The lowest BCUT2D eigenvalue weighted by Crippen LogP contribution is -2.64. The molecule has 0 N–H and O–H groups in total. The highest BCUT2D eigenvalue weighted by Crippen LogP contribution is 2.32. The van der Waals surface area contributed by atoms with Crippen LogP contribution in [0.3, 0.4) is 0 Å². The predicted octanol–water partition coefficient (Wildman–Crippen LogP) is 3.84. The van der Waals surface area contributed by atoms with Crippen molar-refractivity contribution >= 4 is 29.3 Å². The van der Waals surface area contributed by atoms with E-state index in [1.807, 2.05) is 13.8 Å². The maximum absolute atomic E-state index is 13.5. The summed E-state index contributed by atoms with van der Waals surface area (Å²) in [6, 6.07) is 3.87. The Bertz CT molecular complexity index is 670. The van der Waals surface area contributed by atoms with Gasteiger partial charge in [0.15, 0.2) is 0 Å². The zero-order chi connectivity index (χ0) is 18.3. The lowest BCUT2D eigenvalue weighted by molar-refractivity contribution is -0.124. The Morgan fingerprint density at radius 2 is 1.96 bits per heavy atom. The molecule has 1 aromatic rings. The highest BCUT2D eigenvalue weighted by atomic mass is 35.5. The van der Waals surface area contributed by atoms with Crippen LogP contribution in [0.1, 0.15) is 34.6 Å². The molecule has 0 spiro atoms. The minimum absolute atomic E-state index is 0.158. The Morgan fingerprint density at radius 1 is 1.33 bits per heavy atom. The number of carbonyl (C=O) groups excluding carboxylic acids is 2. The van der Waals surface area contributed by atoms with Crippen molar-refractivity contribution < 1.29 is 18.7 Å². The normalized spacial score (nSPS) is 17.9. The molecule has 0 atom stereocenters. The van der Waals surface area contributed by atoms with Crippen molar-refractivity contribution in [3.05, 3.63) is 29.0 Å². The fourth-order valence-electron chi connectivity index (χ4n) is 2.54. The Morgan fingerprint density at radius 3 is 2.54 bits per heavy atom. The van der Waals surface area contributed by atoms with E-state index in [-0.39, 0.29) is 24.0 Å². The van der Waals surface area contributed by atoms with Gasteiger partial charge < -0.3 is 9.64 Å². The van der Waals surface area contributed by atoms with Crippen LogP contribution in [0.15, 0.2) is 18.2 Å². The van der Waals surface area contributed by atoms with Crippen LogP contribution in [0.2, 0.25) is 5.02 Å². The van der Waals surface area contributed by atoms with Gasteiger partial charge in [0, 0.05) is 6.54 Å². The molecule has 0 radical (unpaired) electrons. The van der Waals surface area contributed by atoms with E-state index >= 15 is 0 Å². The largest absolute Gasteiger partial charge is 0.444 e. The first-order valence-corrected chi connectivity index (χ1v) is 8.04. The molecule has 1 heterocycles. The molecule has 7 heteroatoms.